The van der Waals surface area contributed by atoms with Gasteiger partial charge in [0.25, 0.3) is 0 Å². The summed E-state index contributed by atoms with van der Waals surface area (Å²) in [6, 6.07) is 7.44. The van der Waals surface area contributed by atoms with Crippen molar-refractivity contribution in [2.75, 3.05) is 26.2 Å². The molecule has 6 heterocycles. The molecular weight excluding hydrogens is 583 g/mol. The van der Waals surface area contributed by atoms with Gasteiger partial charge in [0.15, 0.2) is 0 Å². The zero-order valence-electron chi connectivity index (χ0n) is 25.2. The van der Waals surface area contributed by atoms with E-state index in [1.165, 1.54) is 6.33 Å². The van der Waals surface area contributed by atoms with E-state index in [4.69, 9.17) is 4.74 Å². The third-order valence-electron chi connectivity index (χ3n) is 9.61. The van der Waals surface area contributed by atoms with E-state index in [0.29, 0.717) is 43.6 Å². The van der Waals surface area contributed by atoms with E-state index in [1.54, 1.807) is 12.3 Å². The van der Waals surface area contributed by atoms with Crippen molar-refractivity contribution in [1.29, 1.82) is 5.26 Å². The zero-order valence-corrected chi connectivity index (χ0v) is 25.2. The molecule has 1 N–H and O–H groups in total. The number of H-pyrrole nitrogens is 1. The van der Waals surface area contributed by atoms with Crippen LogP contribution in [0.15, 0.2) is 43.1 Å². The molecule has 0 amide bonds. The maximum Gasteiger partial charge on any atom is 0.433 e. The van der Waals surface area contributed by atoms with Crippen LogP contribution < -0.4 is 4.74 Å². The molecule has 1 atom stereocenters. The molecule has 45 heavy (non-hydrogen) atoms. The molecule has 7 rings (SSSR count). The van der Waals surface area contributed by atoms with Crippen LogP contribution in [0.2, 0.25) is 0 Å². The highest BCUT2D eigenvalue weighted by atomic mass is 19.4. The predicted octanol–water partition coefficient (Wildman–Crippen LogP) is 5.39. The number of pyridine rings is 1. The Kier molecular flexibility index (Phi) is 7.73. The van der Waals surface area contributed by atoms with E-state index in [1.807, 2.05) is 23.1 Å². The highest BCUT2D eigenvalue weighted by molar-refractivity contribution is 5.90. The number of nitrogens with one attached hydrogen (secondary N) is 1. The molecular formula is C32H36F3N9O. The summed E-state index contributed by atoms with van der Waals surface area (Å²) in [4.78, 5) is 20.3. The average Bonchev–Trinajstić information content (AvgIpc) is 3.76. The van der Waals surface area contributed by atoms with Crippen LogP contribution in [0.25, 0.3) is 22.3 Å². The number of aromatic nitrogens is 6. The van der Waals surface area contributed by atoms with Gasteiger partial charge in [-0.05, 0) is 62.3 Å². The van der Waals surface area contributed by atoms with Gasteiger partial charge in [0, 0.05) is 61.6 Å². The smallest absolute Gasteiger partial charge is 0.433 e. The van der Waals surface area contributed by atoms with Gasteiger partial charge in [0.2, 0.25) is 5.88 Å². The van der Waals surface area contributed by atoms with Crippen LogP contribution in [0.1, 0.15) is 56.7 Å². The molecule has 2 saturated heterocycles. The van der Waals surface area contributed by atoms with Crippen LogP contribution in [0.4, 0.5) is 13.2 Å². The summed E-state index contributed by atoms with van der Waals surface area (Å²) in [5.74, 6) is 0.608. The number of nitriles is 1. The molecule has 0 bridgehead atoms. The largest absolute Gasteiger partial charge is 0.474 e. The molecule has 0 aromatic carbocycles. The number of halogens is 3. The lowest BCUT2D eigenvalue weighted by Gasteiger charge is -2.53. The summed E-state index contributed by atoms with van der Waals surface area (Å²) in [6.07, 6.45) is 6.98. The first-order valence-electron chi connectivity index (χ1n) is 15.6. The molecule has 13 heteroatoms. The molecule has 2 aliphatic heterocycles. The van der Waals surface area contributed by atoms with Crippen molar-refractivity contribution < 1.29 is 17.9 Å². The van der Waals surface area contributed by atoms with Gasteiger partial charge in [0.1, 0.15) is 29.3 Å². The number of nitrogens with zero attached hydrogens (tertiary/aromatic N) is 8. The van der Waals surface area contributed by atoms with Crippen molar-refractivity contribution >= 4 is 11.0 Å². The number of fused-ring (bicyclic) bond motifs is 1. The number of likely N-dealkylation sites (tertiary alicyclic amines) is 2. The normalized spacial score (nSPS) is 24.0. The highest BCUT2D eigenvalue weighted by Crippen LogP contribution is 2.39. The number of alkyl halides is 3. The molecule has 236 valence electrons. The summed E-state index contributed by atoms with van der Waals surface area (Å²) in [6.45, 7) is 5.81. The van der Waals surface area contributed by atoms with Crippen molar-refractivity contribution in [3.63, 3.8) is 0 Å². The van der Waals surface area contributed by atoms with Gasteiger partial charge in [-0.3, -0.25) is 14.5 Å². The van der Waals surface area contributed by atoms with Crippen molar-refractivity contribution in [3.8, 4) is 23.2 Å². The monoisotopic (exact) mass is 619 g/mol. The minimum Gasteiger partial charge on any atom is -0.474 e. The minimum atomic E-state index is -4.53. The number of aromatic amines is 1. The Hall–Kier alpha value is -4.02. The van der Waals surface area contributed by atoms with E-state index in [9.17, 15) is 18.4 Å². The minimum absolute atomic E-state index is 0.0580. The first-order chi connectivity index (χ1) is 21.7. The third-order valence-corrected chi connectivity index (χ3v) is 9.61. The fraction of sp³-hybridized carbons (Fsp3) is 0.531. The SMILES string of the molecule is CC1CCN(Cc2cc(O[C@H]3CC[C@@H](N4CC(CC#N)(n5cc(-c6ncnc7[nH]ccc67)cn5)C4)CC3)nc(C(F)(F)F)c2)C1. The van der Waals surface area contributed by atoms with Crippen LogP contribution in [-0.4, -0.2) is 77.8 Å². The Bertz CT molecular complexity index is 1700. The van der Waals surface area contributed by atoms with Crippen LogP contribution >= 0.6 is 0 Å². The fourth-order valence-corrected chi connectivity index (χ4v) is 7.24. The van der Waals surface area contributed by atoms with Gasteiger partial charge < -0.3 is 9.72 Å². The Balaban J connectivity index is 0.982. The first-order valence-corrected chi connectivity index (χ1v) is 15.6. The van der Waals surface area contributed by atoms with E-state index in [0.717, 1.165) is 73.6 Å². The summed E-state index contributed by atoms with van der Waals surface area (Å²) in [7, 11) is 0. The van der Waals surface area contributed by atoms with E-state index in [2.05, 4.69) is 47.8 Å². The van der Waals surface area contributed by atoms with Crippen LogP contribution in [0.3, 0.4) is 0 Å². The Morgan fingerprint density at radius 3 is 2.69 bits per heavy atom. The lowest BCUT2D eigenvalue weighted by atomic mass is 9.82. The number of hydrogen-bond acceptors (Lipinski definition) is 8. The Labute approximate surface area is 259 Å². The molecule has 1 unspecified atom stereocenters. The zero-order chi connectivity index (χ0) is 31.2. The van der Waals surface area contributed by atoms with E-state index >= 15 is 0 Å². The molecule has 0 radical (unpaired) electrons. The maximum atomic E-state index is 13.7. The Morgan fingerprint density at radius 2 is 1.96 bits per heavy atom. The second-order valence-electron chi connectivity index (χ2n) is 13.0. The summed E-state index contributed by atoms with van der Waals surface area (Å²) < 4.78 is 49.1. The maximum absolute atomic E-state index is 13.7. The molecule has 4 aromatic rings. The first kappa shape index (κ1) is 29.7. The fourth-order valence-electron chi connectivity index (χ4n) is 7.24. The van der Waals surface area contributed by atoms with Crippen LogP contribution in [-0.2, 0) is 18.3 Å². The molecule has 10 nitrogen and oxygen atoms in total. The van der Waals surface area contributed by atoms with Crippen LogP contribution in [0, 0.1) is 17.2 Å². The lowest BCUT2D eigenvalue weighted by molar-refractivity contribution is -0.141. The van der Waals surface area contributed by atoms with Crippen LogP contribution in [0.5, 0.6) is 5.88 Å². The summed E-state index contributed by atoms with van der Waals surface area (Å²) >= 11 is 0. The van der Waals surface area contributed by atoms with Gasteiger partial charge in [-0.1, -0.05) is 6.92 Å². The van der Waals surface area contributed by atoms with Gasteiger partial charge in [-0.25, -0.2) is 15.0 Å². The number of ether oxygens (including phenoxy) is 1. The molecule has 1 saturated carbocycles. The standard InChI is InChI=1S/C32H36F3N9O/c1-21-7-11-42(15-21)16-22-12-27(32(33,34)35)41-28(13-22)45-25-4-2-24(3-5-25)43-18-31(19-43,8-9-36)44-17-23(14-40-44)29-26-6-10-37-30(26)39-20-38-29/h6,10,12-14,17,20-21,24-25H,2-5,7-8,11,15-16,18-19H2,1H3,(H,37,38,39)/t21?,24-,25+. The van der Waals surface area contributed by atoms with E-state index < -0.39 is 17.4 Å². The van der Waals surface area contributed by atoms with Gasteiger partial charge in [-0.15, -0.1) is 0 Å². The third kappa shape index (κ3) is 6.01. The average molecular weight is 620 g/mol. The number of hydrogen-bond donors (Lipinski definition) is 1. The number of rotatable bonds is 8. The van der Waals surface area contributed by atoms with Crippen molar-refractivity contribution in [2.45, 2.75) is 75.9 Å². The van der Waals surface area contributed by atoms with Gasteiger partial charge in [0.05, 0.1) is 24.4 Å². The molecule has 0 spiro atoms. The molecule has 1 aliphatic carbocycles. The second kappa shape index (κ2) is 11.7. The lowest BCUT2D eigenvalue weighted by Crippen LogP contribution is -2.65. The molecule has 4 aromatic heterocycles. The van der Waals surface area contributed by atoms with E-state index in [-0.39, 0.29) is 12.0 Å². The summed E-state index contributed by atoms with van der Waals surface area (Å²) in [5, 5.41) is 15.3. The Morgan fingerprint density at radius 1 is 1.13 bits per heavy atom. The molecule has 3 fully saturated rings. The van der Waals surface area contributed by atoms with Crippen molar-refractivity contribution in [1.82, 2.24) is 39.5 Å². The second-order valence-corrected chi connectivity index (χ2v) is 13.0. The molecule has 3 aliphatic rings. The predicted molar refractivity (Wildman–Crippen MR) is 160 cm³/mol. The van der Waals surface area contributed by atoms with Crippen molar-refractivity contribution in [3.05, 3.63) is 54.4 Å². The highest BCUT2D eigenvalue weighted by Gasteiger charge is 2.48. The summed E-state index contributed by atoms with van der Waals surface area (Å²) in [5.41, 5.74) is 1.69. The van der Waals surface area contributed by atoms with Gasteiger partial charge >= 0.3 is 6.18 Å². The topological polar surface area (TPSA) is 112 Å². The van der Waals surface area contributed by atoms with Crippen molar-refractivity contribution in [2.24, 2.45) is 5.92 Å². The van der Waals surface area contributed by atoms with Gasteiger partial charge in [-0.2, -0.15) is 23.5 Å². The quantitative estimate of drug-likeness (QED) is 0.280.